The number of aliphatic hydroxyl groups is 1. The molecule has 23 heavy (non-hydrogen) atoms. The summed E-state index contributed by atoms with van der Waals surface area (Å²) in [5.41, 5.74) is 0. The van der Waals surface area contributed by atoms with Gasteiger partial charge in [0.1, 0.15) is 6.10 Å². The van der Waals surface area contributed by atoms with Crippen LogP contribution in [0.4, 0.5) is 0 Å². The Morgan fingerprint density at radius 1 is 1.43 bits per heavy atom. The van der Waals surface area contributed by atoms with E-state index in [1.807, 2.05) is 11.9 Å². The first-order valence-corrected chi connectivity index (χ1v) is 8.90. The van der Waals surface area contributed by atoms with Crippen LogP contribution < -0.4 is 5.32 Å². The van der Waals surface area contributed by atoms with Gasteiger partial charge in [-0.2, -0.15) is 0 Å². The summed E-state index contributed by atoms with van der Waals surface area (Å²) < 4.78 is 11.4. The molecule has 2 rings (SSSR count). The summed E-state index contributed by atoms with van der Waals surface area (Å²) >= 11 is 0. The summed E-state index contributed by atoms with van der Waals surface area (Å²) in [5.74, 6) is 0.433. The van der Waals surface area contributed by atoms with E-state index in [1.165, 1.54) is 0 Å². The van der Waals surface area contributed by atoms with Gasteiger partial charge in [-0.1, -0.05) is 0 Å². The van der Waals surface area contributed by atoms with Crippen molar-refractivity contribution in [2.45, 2.75) is 56.8 Å². The van der Waals surface area contributed by atoms with Crippen LogP contribution in [0.15, 0.2) is 0 Å². The highest BCUT2D eigenvalue weighted by Crippen LogP contribution is 2.28. The van der Waals surface area contributed by atoms with E-state index in [4.69, 9.17) is 14.6 Å². The Labute approximate surface area is 139 Å². The molecule has 0 spiro atoms. The molecule has 1 aliphatic carbocycles. The number of ether oxygens (including phenoxy) is 2. The first-order chi connectivity index (χ1) is 11.2. The number of methoxy groups -OCH3 is 1. The van der Waals surface area contributed by atoms with Crippen LogP contribution >= 0.6 is 0 Å². The number of hydrogen-bond donors (Lipinski definition) is 2. The summed E-state index contributed by atoms with van der Waals surface area (Å²) in [4.78, 5) is 14.7. The second-order valence-corrected chi connectivity index (χ2v) is 6.68. The van der Waals surface area contributed by atoms with E-state index in [0.717, 1.165) is 38.5 Å². The average molecular weight is 328 g/mol. The van der Waals surface area contributed by atoms with Crippen molar-refractivity contribution in [3.63, 3.8) is 0 Å². The van der Waals surface area contributed by atoms with Gasteiger partial charge in [0.25, 0.3) is 0 Å². The van der Waals surface area contributed by atoms with Crippen molar-refractivity contribution in [1.82, 2.24) is 10.2 Å². The Morgan fingerprint density at radius 2 is 2.26 bits per heavy atom. The Hall–Kier alpha value is -0.690. The number of carbonyl (C=O) groups excluding carboxylic acids is 1. The van der Waals surface area contributed by atoms with Gasteiger partial charge < -0.3 is 24.8 Å². The maximum atomic E-state index is 12.7. The molecule has 0 bridgehead atoms. The van der Waals surface area contributed by atoms with Crippen LogP contribution in [-0.4, -0.2) is 74.6 Å². The van der Waals surface area contributed by atoms with Gasteiger partial charge >= 0.3 is 0 Å². The molecular formula is C17H32N2O4. The maximum Gasteiger partial charge on any atom is 0.225 e. The van der Waals surface area contributed by atoms with Gasteiger partial charge in [-0.25, -0.2) is 0 Å². The van der Waals surface area contributed by atoms with E-state index in [2.05, 4.69) is 5.32 Å². The molecule has 2 N–H and O–H groups in total. The molecule has 6 heteroatoms. The SMILES string of the molecule is CN[C@H]1CC[C@@H](C(=O)N2CCO[C@@H](C(CCCCO)OC)C2)C1. The first-order valence-electron chi connectivity index (χ1n) is 8.90. The monoisotopic (exact) mass is 328 g/mol. The second kappa shape index (κ2) is 9.57. The lowest BCUT2D eigenvalue weighted by Crippen LogP contribution is -2.51. The largest absolute Gasteiger partial charge is 0.396 e. The number of nitrogens with one attached hydrogen (secondary N) is 1. The third-order valence-electron chi connectivity index (χ3n) is 5.21. The number of aliphatic hydroxyl groups excluding tert-OH is 1. The minimum absolute atomic E-state index is 0.00853. The van der Waals surface area contributed by atoms with E-state index >= 15 is 0 Å². The molecule has 0 aromatic heterocycles. The fraction of sp³-hybridized carbons (Fsp3) is 0.941. The lowest BCUT2D eigenvalue weighted by atomic mass is 10.0. The Kier molecular flexibility index (Phi) is 7.76. The normalized spacial score (nSPS) is 29.7. The van der Waals surface area contributed by atoms with E-state index < -0.39 is 0 Å². The molecule has 1 unspecified atom stereocenters. The van der Waals surface area contributed by atoms with Crippen LogP contribution in [-0.2, 0) is 14.3 Å². The van der Waals surface area contributed by atoms with Gasteiger partial charge in [-0.3, -0.25) is 4.79 Å². The number of rotatable bonds is 8. The molecule has 4 atom stereocenters. The number of unbranched alkanes of at least 4 members (excludes halogenated alkanes) is 1. The minimum atomic E-state index is -0.0575. The molecule has 1 saturated carbocycles. The van der Waals surface area contributed by atoms with Crippen molar-refractivity contribution in [1.29, 1.82) is 0 Å². The zero-order valence-electron chi connectivity index (χ0n) is 14.5. The van der Waals surface area contributed by atoms with E-state index in [-0.39, 0.29) is 30.6 Å². The summed E-state index contributed by atoms with van der Waals surface area (Å²) in [7, 11) is 3.67. The predicted molar refractivity (Wildman–Crippen MR) is 88.2 cm³/mol. The summed E-state index contributed by atoms with van der Waals surface area (Å²) in [6.45, 7) is 2.10. The highest BCUT2D eigenvalue weighted by atomic mass is 16.5. The quantitative estimate of drug-likeness (QED) is 0.644. The molecule has 0 aromatic rings. The molecule has 1 saturated heterocycles. The lowest BCUT2D eigenvalue weighted by Gasteiger charge is -2.37. The molecule has 6 nitrogen and oxygen atoms in total. The van der Waals surface area contributed by atoms with E-state index in [1.54, 1.807) is 7.11 Å². The van der Waals surface area contributed by atoms with Gasteiger partial charge in [0.15, 0.2) is 0 Å². The highest BCUT2D eigenvalue weighted by molar-refractivity contribution is 5.79. The third kappa shape index (κ3) is 5.14. The average Bonchev–Trinajstić information content (AvgIpc) is 3.07. The van der Waals surface area contributed by atoms with Crippen LogP contribution in [0.2, 0.25) is 0 Å². The van der Waals surface area contributed by atoms with E-state index in [0.29, 0.717) is 25.7 Å². The number of hydrogen-bond acceptors (Lipinski definition) is 5. The second-order valence-electron chi connectivity index (χ2n) is 6.68. The summed E-state index contributed by atoms with van der Waals surface area (Å²) in [6, 6.07) is 0.478. The molecule has 2 fully saturated rings. The topological polar surface area (TPSA) is 71.0 Å². The van der Waals surface area contributed by atoms with Crippen LogP contribution in [0, 0.1) is 5.92 Å². The fourth-order valence-corrected chi connectivity index (χ4v) is 3.74. The third-order valence-corrected chi connectivity index (χ3v) is 5.21. The maximum absolute atomic E-state index is 12.7. The fourth-order valence-electron chi connectivity index (χ4n) is 3.74. The molecular weight excluding hydrogens is 296 g/mol. The van der Waals surface area contributed by atoms with Gasteiger partial charge in [0.05, 0.1) is 12.7 Å². The molecule has 0 aromatic carbocycles. The number of amides is 1. The Bertz CT molecular complexity index is 367. The van der Waals surface area contributed by atoms with Gasteiger partial charge in [-0.05, 0) is 45.6 Å². The molecule has 134 valence electrons. The van der Waals surface area contributed by atoms with Crippen LogP contribution in [0.5, 0.6) is 0 Å². The smallest absolute Gasteiger partial charge is 0.225 e. The molecule has 1 amide bonds. The predicted octanol–water partition coefficient (Wildman–Crippen LogP) is 0.780. The zero-order valence-corrected chi connectivity index (χ0v) is 14.5. The summed E-state index contributed by atoms with van der Waals surface area (Å²) in [5, 5.41) is 12.2. The molecule has 0 radical (unpaired) electrons. The standard InChI is InChI=1S/C17H32N2O4/c1-18-14-7-6-13(11-14)17(21)19-8-10-23-16(12-19)15(22-2)5-3-4-9-20/h13-16,18,20H,3-12H2,1-2H3/t13-,14+,15?,16-/m1/s1. The van der Waals surface area contributed by atoms with Crippen molar-refractivity contribution in [2.24, 2.45) is 5.92 Å². The molecule has 2 aliphatic rings. The minimum Gasteiger partial charge on any atom is -0.396 e. The van der Waals surface area contributed by atoms with Crippen LogP contribution in [0.3, 0.4) is 0 Å². The number of carbonyl (C=O) groups is 1. The van der Waals surface area contributed by atoms with Crippen LogP contribution in [0.25, 0.3) is 0 Å². The van der Waals surface area contributed by atoms with Crippen LogP contribution in [0.1, 0.15) is 38.5 Å². The van der Waals surface area contributed by atoms with Crippen molar-refractivity contribution >= 4 is 5.91 Å². The zero-order chi connectivity index (χ0) is 16.7. The van der Waals surface area contributed by atoms with Gasteiger partial charge in [0, 0.05) is 38.8 Å². The Balaban J connectivity index is 1.85. The molecule has 1 heterocycles. The van der Waals surface area contributed by atoms with Gasteiger partial charge in [0.2, 0.25) is 5.91 Å². The van der Waals surface area contributed by atoms with Crippen molar-refractivity contribution in [2.75, 3.05) is 40.5 Å². The Morgan fingerprint density at radius 3 is 2.91 bits per heavy atom. The lowest BCUT2D eigenvalue weighted by molar-refractivity contribution is -0.150. The molecule has 1 aliphatic heterocycles. The van der Waals surface area contributed by atoms with Crippen molar-refractivity contribution < 1.29 is 19.4 Å². The number of nitrogens with zero attached hydrogens (tertiary/aromatic N) is 1. The highest BCUT2D eigenvalue weighted by Gasteiger charge is 2.36. The van der Waals surface area contributed by atoms with Crippen molar-refractivity contribution in [3.05, 3.63) is 0 Å². The first kappa shape index (κ1) is 18.6. The van der Waals surface area contributed by atoms with E-state index in [9.17, 15) is 4.79 Å². The van der Waals surface area contributed by atoms with Gasteiger partial charge in [-0.15, -0.1) is 0 Å². The summed E-state index contributed by atoms with van der Waals surface area (Å²) in [6.07, 6.45) is 5.50. The van der Waals surface area contributed by atoms with Crippen molar-refractivity contribution in [3.8, 4) is 0 Å². The number of morpholine rings is 1.